The van der Waals surface area contributed by atoms with E-state index in [0.29, 0.717) is 0 Å². The Balaban J connectivity index is 1.90. The molecule has 1 fully saturated rings. The number of fused-ring (bicyclic) bond motifs is 1. The Kier molecular flexibility index (Phi) is 4.31. The van der Waals surface area contributed by atoms with Crippen LogP contribution in [0.25, 0.3) is 0 Å². The average molecular weight is 315 g/mol. The van der Waals surface area contributed by atoms with Crippen LogP contribution in [0.2, 0.25) is 0 Å². The number of hydrogen-bond donors (Lipinski definition) is 2. The minimum absolute atomic E-state index is 0.0495. The average Bonchev–Trinajstić information content (AvgIpc) is 2.88. The van der Waals surface area contributed by atoms with Crippen LogP contribution in [-0.2, 0) is 4.79 Å². The highest BCUT2D eigenvalue weighted by atomic mass is 16.5. The maximum atomic E-state index is 12.8. The SMILES string of the molecule is CCCC1=C(C)NC2C(c3ccc(OC)cc3)C(C)NN2C1=O. The van der Waals surface area contributed by atoms with Crippen molar-refractivity contribution in [3.8, 4) is 5.75 Å². The number of allylic oxidation sites excluding steroid dienone is 1. The molecule has 1 aromatic carbocycles. The highest BCUT2D eigenvalue weighted by molar-refractivity contribution is 5.95. The van der Waals surface area contributed by atoms with Gasteiger partial charge in [-0.05, 0) is 38.0 Å². The molecule has 2 heterocycles. The van der Waals surface area contributed by atoms with Crippen molar-refractivity contribution >= 4 is 5.91 Å². The molecule has 0 aliphatic carbocycles. The molecule has 0 aromatic heterocycles. The molecule has 3 rings (SSSR count). The lowest BCUT2D eigenvalue weighted by molar-refractivity contribution is -0.133. The van der Waals surface area contributed by atoms with Crippen LogP contribution in [0.3, 0.4) is 0 Å². The molecule has 3 atom stereocenters. The number of ether oxygens (including phenoxy) is 1. The molecule has 5 nitrogen and oxygen atoms in total. The summed E-state index contributed by atoms with van der Waals surface area (Å²) in [5.74, 6) is 1.15. The second kappa shape index (κ2) is 6.24. The fourth-order valence-corrected chi connectivity index (χ4v) is 3.61. The zero-order chi connectivity index (χ0) is 16.6. The first-order valence-corrected chi connectivity index (χ1v) is 8.26. The molecule has 2 N–H and O–H groups in total. The number of carbonyl (C=O) groups excluding carboxylic acids is 1. The molecule has 124 valence electrons. The summed E-state index contributed by atoms with van der Waals surface area (Å²) in [6.45, 7) is 6.23. The number of hydrogen-bond acceptors (Lipinski definition) is 4. The van der Waals surface area contributed by atoms with Crippen LogP contribution in [0.4, 0.5) is 0 Å². The molecule has 5 heteroatoms. The van der Waals surface area contributed by atoms with Crippen LogP contribution in [0.15, 0.2) is 35.5 Å². The number of hydrazine groups is 1. The van der Waals surface area contributed by atoms with Gasteiger partial charge in [0.1, 0.15) is 11.9 Å². The van der Waals surface area contributed by atoms with Gasteiger partial charge in [0, 0.05) is 23.2 Å². The number of benzene rings is 1. The van der Waals surface area contributed by atoms with Gasteiger partial charge in [0.25, 0.3) is 5.91 Å². The van der Waals surface area contributed by atoms with Gasteiger partial charge < -0.3 is 10.1 Å². The van der Waals surface area contributed by atoms with Crippen LogP contribution in [-0.4, -0.2) is 30.2 Å². The quantitative estimate of drug-likeness (QED) is 0.896. The highest BCUT2D eigenvalue weighted by Gasteiger charge is 2.46. The molecule has 0 bridgehead atoms. The zero-order valence-electron chi connectivity index (χ0n) is 14.2. The number of methoxy groups -OCH3 is 1. The van der Waals surface area contributed by atoms with E-state index in [4.69, 9.17) is 4.74 Å². The largest absolute Gasteiger partial charge is 0.497 e. The Morgan fingerprint density at radius 3 is 2.57 bits per heavy atom. The van der Waals surface area contributed by atoms with Gasteiger partial charge in [-0.15, -0.1) is 0 Å². The lowest BCUT2D eigenvalue weighted by atomic mass is 9.90. The Morgan fingerprint density at radius 2 is 1.96 bits per heavy atom. The maximum absolute atomic E-state index is 12.8. The van der Waals surface area contributed by atoms with E-state index in [1.807, 2.05) is 19.1 Å². The summed E-state index contributed by atoms with van der Waals surface area (Å²) in [4.78, 5) is 12.8. The predicted octanol–water partition coefficient (Wildman–Crippen LogP) is 2.52. The van der Waals surface area contributed by atoms with Crippen molar-refractivity contribution in [3.63, 3.8) is 0 Å². The second-order valence-electron chi connectivity index (χ2n) is 6.33. The summed E-state index contributed by atoms with van der Waals surface area (Å²) in [5.41, 5.74) is 6.44. The molecule has 23 heavy (non-hydrogen) atoms. The molecular formula is C18H25N3O2. The van der Waals surface area contributed by atoms with E-state index in [0.717, 1.165) is 29.9 Å². The topological polar surface area (TPSA) is 53.6 Å². The van der Waals surface area contributed by atoms with Crippen LogP contribution < -0.4 is 15.5 Å². The van der Waals surface area contributed by atoms with Crippen LogP contribution in [0.1, 0.15) is 45.1 Å². The monoisotopic (exact) mass is 315 g/mol. The Labute approximate surface area is 137 Å². The summed E-state index contributed by atoms with van der Waals surface area (Å²) < 4.78 is 5.24. The number of amides is 1. The van der Waals surface area contributed by atoms with Gasteiger partial charge in [0.05, 0.1) is 7.11 Å². The van der Waals surface area contributed by atoms with E-state index in [9.17, 15) is 4.79 Å². The summed E-state index contributed by atoms with van der Waals surface area (Å²) in [7, 11) is 1.67. The Hall–Kier alpha value is -2.01. The standard InChI is InChI=1S/C18H25N3O2/c1-5-6-15-11(2)19-17-16(12(3)20-21(17)18(15)22)13-7-9-14(23-4)10-8-13/h7-10,12,16-17,19-20H,5-6H2,1-4H3. The molecule has 2 aliphatic heterocycles. The number of carbonyl (C=O) groups is 1. The van der Waals surface area contributed by atoms with Gasteiger partial charge in [-0.3, -0.25) is 9.80 Å². The number of nitrogens with zero attached hydrogens (tertiary/aromatic N) is 1. The lowest BCUT2D eigenvalue weighted by Gasteiger charge is -2.35. The van der Waals surface area contributed by atoms with Crippen LogP contribution >= 0.6 is 0 Å². The van der Waals surface area contributed by atoms with E-state index in [-0.39, 0.29) is 24.0 Å². The molecule has 0 spiro atoms. The molecule has 1 saturated heterocycles. The minimum Gasteiger partial charge on any atom is -0.497 e. The Morgan fingerprint density at radius 1 is 1.26 bits per heavy atom. The van der Waals surface area contributed by atoms with E-state index in [1.54, 1.807) is 12.1 Å². The zero-order valence-corrected chi connectivity index (χ0v) is 14.2. The number of nitrogens with one attached hydrogen (secondary N) is 2. The van der Waals surface area contributed by atoms with Gasteiger partial charge in [0.2, 0.25) is 0 Å². The first-order valence-electron chi connectivity index (χ1n) is 8.26. The maximum Gasteiger partial charge on any atom is 0.267 e. The van der Waals surface area contributed by atoms with Crippen LogP contribution in [0.5, 0.6) is 5.75 Å². The molecule has 0 saturated carbocycles. The van der Waals surface area contributed by atoms with Gasteiger partial charge in [-0.2, -0.15) is 0 Å². The van der Waals surface area contributed by atoms with Crippen molar-refractivity contribution in [3.05, 3.63) is 41.1 Å². The molecule has 1 aromatic rings. The van der Waals surface area contributed by atoms with Gasteiger partial charge >= 0.3 is 0 Å². The molecule has 2 aliphatic rings. The van der Waals surface area contributed by atoms with Crippen molar-refractivity contribution < 1.29 is 9.53 Å². The Bertz CT molecular complexity index is 624. The van der Waals surface area contributed by atoms with E-state index >= 15 is 0 Å². The van der Waals surface area contributed by atoms with E-state index in [1.165, 1.54) is 5.56 Å². The van der Waals surface area contributed by atoms with Crippen molar-refractivity contribution in [2.75, 3.05) is 7.11 Å². The van der Waals surface area contributed by atoms with Crippen molar-refractivity contribution in [1.29, 1.82) is 0 Å². The molecule has 3 unspecified atom stereocenters. The normalized spacial score (nSPS) is 27.0. The van der Waals surface area contributed by atoms with Gasteiger partial charge in [-0.1, -0.05) is 25.5 Å². The van der Waals surface area contributed by atoms with E-state index in [2.05, 4.69) is 36.7 Å². The van der Waals surface area contributed by atoms with E-state index < -0.39 is 0 Å². The lowest BCUT2D eigenvalue weighted by Crippen LogP contribution is -2.54. The third kappa shape index (κ3) is 2.70. The van der Waals surface area contributed by atoms with Gasteiger partial charge in [-0.25, -0.2) is 5.43 Å². The fourth-order valence-electron chi connectivity index (χ4n) is 3.61. The third-order valence-electron chi connectivity index (χ3n) is 4.79. The smallest absolute Gasteiger partial charge is 0.267 e. The summed E-state index contributed by atoms with van der Waals surface area (Å²) in [6.07, 6.45) is 1.73. The predicted molar refractivity (Wildman–Crippen MR) is 89.7 cm³/mol. The van der Waals surface area contributed by atoms with Gasteiger partial charge in [0.15, 0.2) is 0 Å². The van der Waals surface area contributed by atoms with Crippen molar-refractivity contribution in [2.45, 2.75) is 51.7 Å². The minimum atomic E-state index is -0.0495. The second-order valence-corrected chi connectivity index (χ2v) is 6.33. The molecule has 1 amide bonds. The molecule has 0 radical (unpaired) electrons. The third-order valence-corrected chi connectivity index (χ3v) is 4.79. The summed E-state index contributed by atoms with van der Waals surface area (Å²) in [5, 5.41) is 5.32. The van der Waals surface area contributed by atoms with Crippen molar-refractivity contribution in [1.82, 2.24) is 15.8 Å². The highest BCUT2D eigenvalue weighted by Crippen LogP contribution is 2.35. The summed E-state index contributed by atoms with van der Waals surface area (Å²) >= 11 is 0. The summed E-state index contributed by atoms with van der Waals surface area (Å²) in [6, 6.07) is 8.29. The fraction of sp³-hybridized carbons (Fsp3) is 0.500. The number of rotatable bonds is 4. The first kappa shape index (κ1) is 15.9. The van der Waals surface area contributed by atoms with Crippen LogP contribution in [0, 0.1) is 0 Å². The first-order chi connectivity index (χ1) is 11.1. The molecular weight excluding hydrogens is 290 g/mol. The van der Waals surface area contributed by atoms with Crippen molar-refractivity contribution in [2.24, 2.45) is 0 Å².